The number of carbonyl (C=O) groups is 1. The molecule has 1 aliphatic carbocycles. The highest BCUT2D eigenvalue weighted by Crippen LogP contribution is 2.48. The van der Waals surface area contributed by atoms with Crippen LogP contribution in [0.1, 0.15) is 36.5 Å². The predicted molar refractivity (Wildman–Crippen MR) is 52.7 cm³/mol. The molecule has 2 rings (SSSR count). The van der Waals surface area contributed by atoms with Crippen molar-refractivity contribution >= 4 is 5.78 Å². The van der Waals surface area contributed by atoms with E-state index in [1.54, 1.807) is 12.1 Å². The normalized spacial score (nSPS) is 17.9. The third kappa shape index (κ3) is 2.00. The molecule has 1 aromatic rings. The molecule has 1 saturated carbocycles. The van der Waals surface area contributed by atoms with Crippen molar-refractivity contribution in [2.45, 2.75) is 26.2 Å². The van der Waals surface area contributed by atoms with E-state index in [0.717, 1.165) is 12.8 Å². The number of carbonyl (C=O) groups excluding carboxylic acids is 1. The van der Waals surface area contributed by atoms with Crippen LogP contribution in [0.4, 0.5) is 4.39 Å². The lowest BCUT2D eigenvalue weighted by atomic mass is 9.98. The fourth-order valence-corrected chi connectivity index (χ4v) is 1.52. The van der Waals surface area contributed by atoms with Gasteiger partial charge in [-0.15, -0.1) is 0 Å². The summed E-state index contributed by atoms with van der Waals surface area (Å²) in [5.74, 6) is -0.163. The van der Waals surface area contributed by atoms with Gasteiger partial charge in [-0.1, -0.05) is 6.92 Å². The SMILES string of the molecule is CC1(CC(=O)c2ccc(F)cc2)CC1. The topological polar surface area (TPSA) is 17.1 Å². The van der Waals surface area contributed by atoms with Gasteiger partial charge in [0.25, 0.3) is 0 Å². The summed E-state index contributed by atoms with van der Waals surface area (Å²) in [4.78, 5) is 11.7. The molecule has 0 bridgehead atoms. The Kier molecular flexibility index (Phi) is 2.14. The van der Waals surface area contributed by atoms with Gasteiger partial charge in [0.15, 0.2) is 5.78 Å². The molecular formula is C12H13FO. The molecule has 0 atom stereocenters. The van der Waals surface area contributed by atoms with E-state index in [1.807, 2.05) is 0 Å². The summed E-state index contributed by atoms with van der Waals surface area (Å²) in [5, 5.41) is 0. The van der Waals surface area contributed by atoms with E-state index in [4.69, 9.17) is 0 Å². The maximum atomic E-state index is 12.6. The van der Waals surface area contributed by atoms with E-state index in [0.29, 0.717) is 12.0 Å². The standard InChI is InChI=1S/C12H13FO/c1-12(6-7-12)8-11(14)9-2-4-10(13)5-3-9/h2-5H,6-8H2,1H3. The van der Waals surface area contributed by atoms with Gasteiger partial charge >= 0.3 is 0 Å². The van der Waals surface area contributed by atoms with Gasteiger partial charge < -0.3 is 0 Å². The minimum atomic E-state index is -0.292. The van der Waals surface area contributed by atoms with E-state index in [2.05, 4.69) is 6.92 Å². The molecule has 2 heteroatoms. The van der Waals surface area contributed by atoms with E-state index < -0.39 is 0 Å². The van der Waals surface area contributed by atoms with Crippen molar-refractivity contribution < 1.29 is 9.18 Å². The van der Waals surface area contributed by atoms with Crippen LogP contribution in [-0.4, -0.2) is 5.78 Å². The van der Waals surface area contributed by atoms with Gasteiger partial charge in [-0.2, -0.15) is 0 Å². The maximum Gasteiger partial charge on any atom is 0.163 e. The molecule has 1 fully saturated rings. The molecule has 1 aromatic carbocycles. The Morgan fingerprint density at radius 3 is 2.43 bits per heavy atom. The molecule has 0 saturated heterocycles. The summed E-state index contributed by atoms with van der Waals surface area (Å²) in [6.07, 6.45) is 2.87. The summed E-state index contributed by atoms with van der Waals surface area (Å²) in [7, 11) is 0. The first-order chi connectivity index (χ1) is 6.59. The van der Waals surface area contributed by atoms with Gasteiger partial charge in [-0.3, -0.25) is 4.79 Å². The zero-order valence-corrected chi connectivity index (χ0v) is 8.22. The zero-order valence-electron chi connectivity index (χ0n) is 8.22. The van der Waals surface area contributed by atoms with E-state index in [-0.39, 0.29) is 17.0 Å². The smallest absolute Gasteiger partial charge is 0.163 e. The third-order valence-corrected chi connectivity index (χ3v) is 2.86. The summed E-state index contributed by atoms with van der Waals surface area (Å²) < 4.78 is 12.6. The molecule has 1 nitrogen and oxygen atoms in total. The van der Waals surface area contributed by atoms with E-state index >= 15 is 0 Å². The highest BCUT2D eigenvalue weighted by atomic mass is 19.1. The lowest BCUT2D eigenvalue weighted by molar-refractivity contribution is 0.0959. The van der Waals surface area contributed by atoms with Crippen molar-refractivity contribution in [1.82, 2.24) is 0 Å². The van der Waals surface area contributed by atoms with Crippen molar-refractivity contribution in [3.63, 3.8) is 0 Å². The minimum Gasteiger partial charge on any atom is -0.294 e. The second-order valence-corrected chi connectivity index (χ2v) is 4.42. The Morgan fingerprint density at radius 1 is 1.36 bits per heavy atom. The van der Waals surface area contributed by atoms with Crippen LogP contribution in [-0.2, 0) is 0 Å². The van der Waals surface area contributed by atoms with Crippen LogP contribution in [0.2, 0.25) is 0 Å². The average molecular weight is 192 g/mol. The lowest BCUT2D eigenvalue weighted by Gasteiger charge is -2.06. The summed E-state index contributed by atoms with van der Waals surface area (Å²) in [6.45, 7) is 2.12. The summed E-state index contributed by atoms with van der Waals surface area (Å²) in [5.41, 5.74) is 0.852. The summed E-state index contributed by atoms with van der Waals surface area (Å²) >= 11 is 0. The predicted octanol–water partition coefficient (Wildman–Crippen LogP) is 3.20. The zero-order chi connectivity index (χ0) is 10.2. The van der Waals surface area contributed by atoms with E-state index in [1.165, 1.54) is 12.1 Å². The molecule has 0 N–H and O–H groups in total. The minimum absolute atomic E-state index is 0.130. The molecule has 0 radical (unpaired) electrons. The van der Waals surface area contributed by atoms with Crippen LogP contribution < -0.4 is 0 Å². The first-order valence-corrected chi connectivity index (χ1v) is 4.88. The van der Waals surface area contributed by atoms with Crippen LogP contribution in [0.5, 0.6) is 0 Å². The number of Topliss-reactive ketones (excluding diaryl/α,β-unsaturated/α-hetero) is 1. The van der Waals surface area contributed by atoms with Crippen molar-refractivity contribution in [2.75, 3.05) is 0 Å². The molecular weight excluding hydrogens is 179 g/mol. The van der Waals surface area contributed by atoms with Crippen molar-refractivity contribution in [3.05, 3.63) is 35.6 Å². The maximum absolute atomic E-state index is 12.6. The summed E-state index contributed by atoms with van der Waals surface area (Å²) in [6, 6.07) is 5.79. The highest BCUT2D eigenvalue weighted by Gasteiger charge is 2.39. The Balaban J connectivity index is 2.07. The Bertz CT molecular complexity index is 349. The fourth-order valence-electron chi connectivity index (χ4n) is 1.52. The quantitative estimate of drug-likeness (QED) is 0.672. The average Bonchev–Trinajstić information content (AvgIpc) is 2.84. The Morgan fingerprint density at radius 2 is 1.93 bits per heavy atom. The molecule has 0 aliphatic heterocycles. The van der Waals surface area contributed by atoms with Crippen molar-refractivity contribution in [1.29, 1.82) is 0 Å². The molecule has 0 aromatic heterocycles. The molecule has 14 heavy (non-hydrogen) atoms. The number of rotatable bonds is 3. The van der Waals surface area contributed by atoms with Crippen LogP contribution >= 0.6 is 0 Å². The number of hydrogen-bond acceptors (Lipinski definition) is 1. The number of ketones is 1. The first-order valence-electron chi connectivity index (χ1n) is 4.88. The number of hydrogen-bond donors (Lipinski definition) is 0. The van der Waals surface area contributed by atoms with Crippen LogP contribution in [0.25, 0.3) is 0 Å². The second kappa shape index (κ2) is 3.19. The second-order valence-electron chi connectivity index (χ2n) is 4.42. The van der Waals surface area contributed by atoms with Gasteiger partial charge in [0.05, 0.1) is 0 Å². The van der Waals surface area contributed by atoms with Gasteiger partial charge in [-0.25, -0.2) is 4.39 Å². The highest BCUT2D eigenvalue weighted by molar-refractivity contribution is 5.96. The van der Waals surface area contributed by atoms with Gasteiger partial charge in [0.2, 0.25) is 0 Å². The number of benzene rings is 1. The van der Waals surface area contributed by atoms with Crippen molar-refractivity contribution in [3.8, 4) is 0 Å². The van der Waals surface area contributed by atoms with Crippen LogP contribution in [0, 0.1) is 11.2 Å². The molecule has 0 spiro atoms. The molecule has 1 aliphatic rings. The fraction of sp³-hybridized carbons (Fsp3) is 0.417. The molecule has 74 valence electrons. The monoisotopic (exact) mass is 192 g/mol. The van der Waals surface area contributed by atoms with Crippen molar-refractivity contribution in [2.24, 2.45) is 5.41 Å². The first kappa shape index (κ1) is 9.38. The largest absolute Gasteiger partial charge is 0.294 e. The van der Waals surface area contributed by atoms with Crippen LogP contribution in [0.15, 0.2) is 24.3 Å². The molecule has 0 unspecified atom stereocenters. The van der Waals surface area contributed by atoms with Gasteiger partial charge in [0.1, 0.15) is 5.82 Å². The lowest BCUT2D eigenvalue weighted by Crippen LogP contribution is -2.06. The van der Waals surface area contributed by atoms with Gasteiger partial charge in [-0.05, 0) is 42.5 Å². The Labute approximate surface area is 82.9 Å². The molecule has 0 amide bonds. The van der Waals surface area contributed by atoms with E-state index in [9.17, 15) is 9.18 Å². The third-order valence-electron chi connectivity index (χ3n) is 2.86. The van der Waals surface area contributed by atoms with Gasteiger partial charge in [0, 0.05) is 12.0 Å². The number of halogens is 1. The van der Waals surface area contributed by atoms with Crippen LogP contribution in [0.3, 0.4) is 0 Å². The Hall–Kier alpha value is -1.18. The molecule has 0 heterocycles.